The largest absolute Gasteiger partial charge is 0.416 e. The fourth-order valence-corrected chi connectivity index (χ4v) is 1.29. The lowest BCUT2D eigenvalue weighted by molar-refractivity contribution is -0.137. The number of hydrogen-bond donors (Lipinski definition) is 2. The van der Waals surface area contributed by atoms with Crippen LogP contribution in [0.3, 0.4) is 0 Å². The molecule has 0 aliphatic rings. The number of carbonyl (C=O) groups excluding carboxylic acids is 1. The highest BCUT2D eigenvalue weighted by molar-refractivity contribution is 5.94. The third-order valence-electron chi connectivity index (χ3n) is 2.15. The second-order valence-corrected chi connectivity index (χ2v) is 3.59. The van der Waals surface area contributed by atoms with Crippen molar-refractivity contribution < 1.29 is 22.4 Å². The number of rotatable bonds is 4. The van der Waals surface area contributed by atoms with E-state index in [2.05, 4.69) is 10.6 Å². The minimum Gasteiger partial charge on any atom is -0.351 e. The Kier molecular flexibility index (Phi) is 6.78. The molecule has 0 aliphatic heterocycles. The number of benzene rings is 1. The molecule has 19 heavy (non-hydrogen) atoms. The molecule has 1 amide bonds. The molecule has 0 fully saturated rings. The Morgan fingerprint density at radius 3 is 2.37 bits per heavy atom. The van der Waals surface area contributed by atoms with Gasteiger partial charge in [-0.25, -0.2) is 4.39 Å². The van der Waals surface area contributed by atoms with E-state index in [4.69, 9.17) is 0 Å². The third-order valence-corrected chi connectivity index (χ3v) is 2.15. The van der Waals surface area contributed by atoms with Gasteiger partial charge in [0.15, 0.2) is 0 Å². The molecule has 0 spiro atoms. The van der Waals surface area contributed by atoms with Crippen molar-refractivity contribution in [2.45, 2.75) is 6.18 Å². The van der Waals surface area contributed by atoms with Crippen molar-refractivity contribution in [1.82, 2.24) is 10.6 Å². The van der Waals surface area contributed by atoms with E-state index in [0.29, 0.717) is 18.7 Å². The Morgan fingerprint density at radius 2 is 1.84 bits per heavy atom. The van der Waals surface area contributed by atoms with Gasteiger partial charge in [-0.3, -0.25) is 4.79 Å². The van der Waals surface area contributed by atoms with Gasteiger partial charge < -0.3 is 10.6 Å². The highest BCUT2D eigenvalue weighted by Crippen LogP contribution is 2.30. The number of alkyl halides is 3. The first-order valence-corrected chi connectivity index (χ1v) is 5.15. The number of carbonyl (C=O) groups is 1. The van der Waals surface area contributed by atoms with Gasteiger partial charge in [-0.15, -0.1) is 12.4 Å². The Bertz CT molecular complexity index is 437. The van der Waals surface area contributed by atoms with Crippen molar-refractivity contribution in [1.29, 1.82) is 0 Å². The topological polar surface area (TPSA) is 41.1 Å². The maximum Gasteiger partial charge on any atom is 0.416 e. The summed E-state index contributed by atoms with van der Waals surface area (Å²) in [5.41, 5.74) is -1.53. The van der Waals surface area contributed by atoms with Gasteiger partial charge in [0.05, 0.1) is 5.56 Å². The van der Waals surface area contributed by atoms with Crippen LogP contribution in [0.5, 0.6) is 0 Å². The molecular weight excluding hydrogens is 288 g/mol. The monoisotopic (exact) mass is 300 g/mol. The molecular formula is C11H13ClF4N2O. The molecule has 0 bridgehead atoms. The molecule has 0 saturated heterocycles. The smallest absolute Gasteiger partial charge is 0.351 e. The summed E-state index contributed by atoms with van der Waals surface area (Å²) in [6.07, 6.45) is -4.68. The summed E-state index contributed by atoms with van der Waals surface area (Å²) in [5.74, 6) is -1.83. The molecule has 1 rings (SSSR count). The van der Waals surface area contributed by atoms with Crippen molar-refractivity contribution >= 4 is 18.3 Å². The van der Waals surface area contributed by atoms with Gasteiger partial charge in [0.1, 0.15) is 5.82 Å². The fourth-order valence-electron chi connectivity index (χ4n) is 1.29. The highest BCUT2D eigenvalue weighted by Gasteiger charge is 2.31. The first-order valence-electron chi connectivity index (χ1n) is 5.15. The summed E-state index contributed by atoms with van der Waals surface area (Å²) in [6.45, 7) is 0.709. The molecule has 1 aromatic carbocycles. The second kappa shape index (κ2) is 7.30. The predicted molar refractivity (Wildman–Crippen MR) is 64.9 cm³/mol. The summed E-state index contributed by atoms with van der Waals surface area (Å²) in [5, 5.41) is 5.12. The van der Waals surface area contributed by atoms with E-state index in [1.54, 1.807) is 7.05 Å². The highest BCUT2D eigenvalue weighted by atomic mass is 35.5. The molecule has 0 atom stereocenters. The van der Waals surface area contributed by atoms with Gasteiger partial charge in [-0.1, -0.05) is 0 Å². The number of amides is 1. The van der Waals surface area contributed by atoms with Crippen LogP contribution >= 0.6 is 12.4 Å². The van der Waals surface area contributed by atoms with E-state index in [0.717, 1.165) is 6.07 Å². The van der Waals surface area contributed by atoms with Crippen LogP contribution in [0.25, 0.3) is 0 Å². The number of halogens is 5. The summed E-state index contributed by atoms with van der Waals surface area (Å²) in [7, 11) is 1.66. The summed E-state index contributed by atoms with van der Waals surface area (Å²) in [6, 6.07) is 1.74. The molecule has 8 heteroatoms. The molecule has 3 nitrogen and oxygen atoms in total. The van der Waals surface area contributed by atoms with Gasteiger partial charge in [0.25, 0.3) is 5.91 Å². The average Bonchev–Trinajstić information content (AvgIpc) is 2.27. The van der Waals surface area contributed by atoms with Gasteiger partial charge >= 0.3 is 6.18 Å². The lowest BCUT2D eigenvalue weighted by Crippen LogP contribution is -2.30. The maximum absolute atomic E-state index is 13.0. The zero-order valence-corrected chi connectivity index (χ0v) is 10.8. The number of nitrogens with one attached hydrogen (secondary N) is 2. The van der Waals surface area contributed by atoms with E-state index in [1.807, 2.05) is 0 Å². The van der Waals surface area contributed by atoms with Crippen molar-refractivity contribution in [2.75, 3.05) is 20.1 Å². The number of likely N-dealkylation sites (N-methyl/N-ethyl adjacent to an activating group) is 1. The normalized spacial score (nSPS) is 10.8. The Balaban J connectivity index is 0.00000324. The van der Waals surface area contributed by atoms with Crippen molar-refractivity contribution in [2.24, 2.45) is 0 Å². The van der Waals surface area contributed by atoms with Crippen molar-refractivity contribution in [3.05, 3.63) is 35.1 Å². The SMILES string of the molecule is CNCCNC(=O)c1cc(F)cc(C(F)(F)F)c1.Cl. The molecule has 0 aliphatic carbocycles. The van der Waals surface area contributed by atoms with E-state index < -0.39 is 23.5 Å². The van der Waals surface area contributed by atoms with Crippen LogP contribution in [0.2, 0.25) is 0 Å². The van der Waals surface area contributed by atoms with Crippen molar-refractivity contribution in [3.63, 3.8) is 0 Å². The lowest BCUT2D eigenvalue weighted by Gasteiger charge is -2.09. The van der Waals surface area contributed by atoms with Crippen LogP contribution in [-0.4, -0.2) is 26.0 Å². The molecule has 0 radical (unpaired) electrons. The standard InChI is InChI=1S/C11H12F4N2O.ClH/c1-16-2-3-17-10(18)7-4-8(11(13,14)15)6-9(12)5-7;/h4-6,16H,2-3H2,1H3,(H,17,18);1H. The first kappa shape index (κ1) is 17.7. The first-order chi connectivity index (χ1) is 8.34. The minimum absolute atomic E-state index is 0. The number of hydrogen-bond acceptors (Lipinski definition) is 2. The van der Waals surface area contributed by atoms with Gasteiger partial charge in [-0.2, -0.15) is 13.2 Å². The minimum atomic E-state index is -4.68. The molecule has 0 unspecified atom stereocenters. The Labute approximate surface area is 113 Å². The van der Waals surface area contributed by atoms with Crippen LogP contribution in [0.15, 0.2) is 18.2 Å². The summed E-state index contributed by atoms with van der Waals surface area (Å²) in [4.78, 5) is 11.5. The van der Waals surface area contributed by atoms with Gasteiger partial charge in [0, 0.05) is 18.7 Å². The molecule has 1 aromatic rings. The van der Waals surface area contributed by atoms with Gasteiger partial charge in [-0.05, 0) is 25.2 Å². The molecule has 0 aromatic heterocycles. The third kappa shape index (κ3) is 5.44. The zero-order chi connectivity index (χ0) is 13.8. The molecule has 0 saturated carbocycles. The molecule has 108 valence electrons. The summed E-state index contributed by atoms with van der Waals surface area (Å²) < 4.78 is 50.2. The molecule has 0 heterocycles. The fraction of sp³-hybridized carbons (Fsp3) is 0.364. The average molecular weight is 301 g/mol. The van der Waals surface area contributed by atoms with Crippen molar-refractivity contribution in [3.8, 4) is 0 Å². The van der Waals surface area contributed by atoms with Gasteiger partial charge in [0.2, 0.25) is 0 Å². The maximum atomic E-state index is 13.0. The second-order valence-electron chi connectivity index (χ2n) is 3.59. The molecule has 2 N–H and O–H groups in total. The zero-order valence-electron chi connectivity index (χ0n) is 9.97. The Morgan fingerprint density at radius 1 is 1.21 bits per heavy atom. The predicted octanol–water partition coefficient (Wildman–Crippen LogP) is 2.22. The van der Waals surface area contributed by atoms with Crippen LogP contribution in [0.4, 0.5) is 17.6 Å². The van der Waals surface area contributed by atoms with E-state index in [1.165, 1.54) is 0 Å². The van der Waals surface area contributed by atoms with Crippen LogP contribution < -0.4 is 10.6 Å². The van der Waals surface area contributed by atoms with E-state index >= 15 is 0 Å². The quantitative estimate of drug-likeness (QED) is 0.661. The Hall–Kier alpha value is -1.34. The van der Waals surface area contributed by atoms with E-state index in [-0.39, 0.29) is 24.5 Å². The van der Waals surface area contributed by atoms with Crippen LogP contribution in [-0.2, 0) is 6.18 Å². The van der Waals surface area contributed by atoms with E-state index in [9.17, 15) is 22.4 Å². The summed E-state index contributed by atoms with van der Waals surface area (Å²) >= 11 is 0. The van der Waals surface area contributed by atoms with Crippen LogP contribution in [0.1, 0.15) is 15.9 Å². The van der Waals surface area contributed by atoms with Crippen LogP contribution in [0, 0.1) is 5.82 Å². The lowest BCUT2D eigenvalue weighted by atomic mass is 10.1.